The third-order valence-corrected chi connectivity index (χ3v) is 2.41. The Morgan fingerprint density at radius 2 is 2.11 bits per heavy atom. The van der Waals surface area contributed by atoms with Crippen LogP contribution >= 0.6 is 0 Å². The Balaban J connectivity index is 2.93. The van der Waals surface area contributed by atoms with Gasteiger partial charge in [-0.25, -0.2) is 4.39 Å². The van der Waals surface area contributed by atoms with Crippen LogP contribution in [0.2, 0.25) is 0 Å². The molecule has 1 aromatic carbocycles. The lowest BCUT2D eigenvalue weighted by atomic mass is 10.1. The number of hydrogen-bond donors (Lipinski definition) is 1. The number of aromatic hydroxyl groups is 1. The SMILES string of the molecule is CCN(CC(=O)OC)C(=O)c1ccc(F)cc1O. The van der Waals surface area contributed by atoms with Crippen LogP contribution in [0.15, 0.2) is 18.2 Å². The van der Waals surface area contributed by atoms with Crippen LogP contribution in [0.4, 0.5) is 4.39 Å². The Morgan fingerprint density at radius 3 is 2.61 bits per heavy atom. The van der Waals surface area contributed by atoms with Crippen molar-refractivity contribution in [3.05, 3.63) is 29.6 Å². The molecule has 0 unspecified atom stereocenters. The first kappa shape index (κ1) is 14.0. The van der Waals surface area contributed by atoms with Gasteiger partial charge in [-0.1, -0.05) is 0 Å². The molecule has 0 heterocycles. The predicted octanol–water partition coefficient (Wildman–Crippen LogP) is 1.17. The van der Waals surface area contributed by atoms with E-state index in [0.29, 0.717) is 0 Å². The first-order chi connectivity index (χ1) is 8.49. The Kier molecular flexibility index (Phi) is 4.65. The highest BCUT2D eigenvalue weighted by molar-refractivity contribution is 5.98. The largest absolute Gasteiger partial charge is 0.507 e. The average molecular weight is 255 g/mol. The van der Waals surface area contributed by atoms with Gasteiger partial charge in [0.25, 0.3) is 5.91 Å². The molecule has 0 aliphatic rings. The van der Waals surface area contributed by atoms with E-state index >= 15 is 0 Å². The minimum absolute atomic E-state index is 0.0536. The van der Waals surface area contributed by atoms with Crippen molar-refractivity contribution in [2.45, 2.75) is 6.92 Å². The van der Waals surface area contributed by atoms with Crippen molar-refractivity contribution in [3.63, 3.8) is 0 Å². The van der Waals surface area contributed by atoms with Gasteiger partial charge in [0.2, 0.25) is 0 Å². The lowest BCUT2D eigenvalue weighted by Gasteiger charge is -2.19. The minimum atomic E-state index is -0.639. The number of rotatable bonds is 4. The molecule has 0 atom stereocenters. The fourth-order valence-electron chi connectivity index (χ4n) is 1.40. The number of phenolic OH excluding ortho intramolecular Hbond substituents is 1. The Labute approximate surface area is 104 Å². The molecule has 0 saturated carbocycles. The summed E-state index contributed by atoms with van der Waals surface area (Å²) in [6.45, 7) is 1.73. The Hall–Kier alpha value is -2.11. The van der Waals surface area contributed by atoms with E-state index in [2.05, 4.69) is 4.74 Å². The number of ether oxygens (including phenoxy) is 1. The van der Waals surface area contributed by atoms with Crippen molar-refractivity contribution in [1.29, 1.82) is 0 Å². The summed E-state index contributed by atoms with van der Waals surface area (Å²) in [6.07, 6.45) is 0. The third-order valence-electron chi connectivity index (χ3n) is 2.41. The number of nitrogens with zero attached hydrogens (tertiary/aromatic N) is 1. The zero-order valence-electron chi connectivity index (χ0n) is 10.1. The summed E-state index contributed by atoms with van der Waals surface area (Å²) in [4.78, 5) is 24.3. The summed E-state index contributed by atoms with van der Waals surface area (Å²) in [5, 5.41) is 9.49. The second kappa shape index (κ2) is 6.00. The smallest absolute Gasteiger partial charge is 0.325 e. The van der Waals surface area contributed by atoms with Crippen LogP contribution < -0.4 is 0 Å². The molecule has 1 N–H and O–H groups in total. The molecular weight excluding hydrogens is 241 g/mol. The van der Waals surface area contributed by atoms with Gasteiger partial charge in [-0.15, -0.1) is 0 Å². The van der Waals surface area contributed by atoms with E-state index < -0.39 is 23.4 Å². The van der Waals surface area contributed by atoms with Gasteiger partial charge < -0.3 is 14.7 Å². The lowest BCUT2D eigenvalue weighted by molar-refractivity contribution is -0.141. The monoisotopic (exact) mass is 255 g/mol. The van der Waals surface area contributed by atoms with Gasteiger partial charge in [0.15, 0.2) is 0 Å². The number of hydrogen-bond acceptors (Lipinski definition) is 4. The molecule has 0 aromatic heterocycles. The number of amides is 1. The third kappa shape index (κ3) is 3.19. The molecular formula is C12H14FNO4. The molecule has 0 fully saturated rings. The van der Waals surface area contributed by atoms with Gasteiger partial charge in [0, 0.05) is 12.6 Å². The standard InChI is InChI=1S/C12H14FNO4/c1-3-14(7-11(16)18-2)12(17)9-5-4-8(13)6-10(9)15/h4-6,15H,3,7H2,1-2H3. The van der Waals surface area contributed by atoms with Gasteiger partial charge in [-0.2, -0.15) is 0 Å². The van der Waals surface area contributed by atoms with E-state index in [4.69, 9.17) is 0 Å². The van der Waals surface area contributed by atoms with Crippen molar-refractivity contribution >= 4 is 11.9 Å². The maximum Gasteiger partial charge on any atom is 0.325 e. The Morgan fingerprint density at radius 1 is 1.44 bits per heavy atom. The van der Waals surface area contributed by atoms with Crippen LogP contribution in [0.3, 0.4) is 0 Å². The number of carbonyl (C=O) groups is 2. The van der Waals surface area contributed by atoms with Crippen molar-refractivity contribution in [1.82, 2.24) is 4.90 Å². The maximum absolute atomic E-state index is 12.8. The second-order valence-corrected chi connectivity index (χ2v) is 3.56. The van der Waals surface area contributed by atoms with Crippen LogP contribution in [0.1, 0.15) is 17.3 Å². The molecule has 0 saturated heterocycles. The topological polar surface area (TPSA) is 66.8 Å². The highest BCUT2D eigenvalue weighted by atomic mass is 19.1. The predicted molar refractivity (Wildman–Crippen MR) is 61.7 cm³/mol. The van der Waals surface area contributed by atoms with Crippen LogP contribution in [0.25, 0.3) is 0 Å². The summed E-state index contributed by atoms with van der Waals surface area (Å²) >= 11 is 0. The molecule has 18 heavy (non-hydrogen) atoms. The van der Waals surface area contributed by atoms with E-state index in [9.17, 15) is 19.1 Å². The highest BCUT2D eigenvalue weighted by Crippen LogP contribution is 2.19. The Bertz CT molecular complexity index is 461. The van der Waals surface area contributed by atoms with Crippen LogP contribution in [-0.2, 0) is 9.53 Å². The first-order valence-corrected chi connectivity index (χ1v) is 5.34. The van der Waals surface area contributed by atoms with Gasteiger partial charge in [-0.3, -0.25) is 9.59 Å². The zero-order chi connectivity index (χ0) is 13.7. The molecule has 0 radical (unpaired) electrons. The minimum Gasteiger partial charge on any atom is -0.507 e. The van der Waals surface area contributed by atoms with Crippen LogP contribution in [0, 0.1) is 5.82 Å². The van der Waals surface area contributed by atoms with E-state index in [1.165, 1.54) is 18.1 Å². The van der Waals surface area contributed by atoms with Crippen molar-refractivity contribution in [3.8, 4) is 5.75 Å². The zero-order valence-corrected chi connectivity index (χ0v) is 10.1. The molecule has 6 heteroatoms. The normalized spacial score (nSPS) is 9.94. The first-order valence-electron chi connectivity index (χ1n) is 5.34. The number of carbonyl (C=O) groups excluding carboxylic acids is 2. The molecule has 5 nitrogen and oxygen atoms in total. The molecule has 0 aliphatic heterocycles. The lowest BCUT2D eigenvalue weighted by Crippen LogP contribution is -2.36. The molecule has 0 aliphatic carbocycles. The van der Waals surface area contributed by atoms with Gasteiger partial charge >= 0.3 is 5.97 Å². The number of likely N-dealkylation sites (N-methyl/N-ethyl adjacent to an activating group) is 1. The number of esters is 1. The second-order valence-electron chi connectivity index (χ2n) is 3.56. The molecule has 0 spiro atoms. The van der Waals surface area contributed by atoms with Crippen molar-refractivity contribution in [2.24, 2.45) is 0 Å². The van der Waals surface area contributed by atoms with Crippen molar-refractivity contribution < 1.29 is 23.8 Å². The van der Waals surface area contributed by atoms with Gasteiger partial charge in [-0.05, 0) is 19.1 Å². The average Bonchev–Trinajstić information content (AvgIpc) is 2.34. The summed E-state index contributed by atoms with van der Waals surface area (Å²) in [5.41, 5.74) is -0.0536. The molecule has 1 aromatic rings. The summed E-state index contributed by atoms with van der Waals surface area (Å²) in [6, 6.07) is 3.09. The molecule has 0 bridgehead atoms. The molecule has 98 valence electrons. The number of halogens is 1. The van der Waals surface area contributed by atoms with Gasteiger partial charge in [0.05, 0.1) is 12.7 Å². The van der Waals surface area contributed by atoms with Gasteiger partial charge in [0.1, 0.15) is 18.1 Å². The number of methoxy groups -OCH3 is 1. The fourth-order valence-corrected chi connectivity index (χ4v) is 1.40. The van der Waals surface area contributed by atoms with Crippen LogP contribution in [0.5, 0.6) is 5.75 Å². The molecule has 1 amide bonds. The maximum atomic E-state index is 12.8. The number of benzene rings is 1. The summed E-state index contributed by atoms with van der Waals surface area (Å²) in [7, 11) is 1.22. The molecule has 1 rings (SSSR count). The van der Waals surface area contributed by atoms with Crippen LogP contribution in [-0.4, -0.2) is 42.1 Å². The van der Waals surface area contributed by atoms with E-state index in [1.54, 1.807) is 6.92 Å². The fraction of sp³-hybridized carbons (Fsp3) is 0.333. The van der Waals surface area contributed by atoms with Crippen molar-refractivity contribution in [2.75, 3.05) is 20.2 Å². The summed E-state index contributed by atoms with van der Waals surface area (Å²) < 4.78 is 17.3. The number of phenols is 1. The highest BCUT2D eigenvalue weighted by Gasteiger charge is 2.20. The van der Waals surface area contributed by atoms with E-state index in [-0.39, 0.29) is 18.7 Å². The van der Waals surface area contributed by atoms with E-state index in [1.807, 2.05) is 0 Å². The quantitative estimate of drug-likeness (QED) is 0.820. The van der Waals surface area contributed by atoms with E-state index in [0.717, 1.165) is 12.1 Å². The summed E-state index contributed by atoms with van der Waals surface area (Å²) in [5.74, 6) is -2.21.